The van der Waals surface area contributed by atoms with E-state index in [9.17, 15) is 4.79 Å². The zero-order valence-electron chi connectivity index (χ0n) is 14.8. The summed E-state index contributed by atoms with van der Waals surface area (Å²) in [6.07, 6.45) is 2.06. The number of hydrogen-bond acceptors (Lipinski definition) is 4. The third kappa shape index (κ3) is 4.86. The lowest BCUT2D eigenvalue weighted by atomic mass is 10.2. The number of furan rings is 1. The molecule has 2 atom stereocenters. The van der Waals surface area contributed by atoms with Crippen molar-refractivity contribution in [1.29, 1.82) is 0 Å². The van der Waals surface area contributed by atoms with Crippen LogP contribution in [0.25, 0.3) is 0 Å². The number of aryl methyl sites for hydroxylation is 1. The van der Waals surface area contributed by atoms with Gasteiger partial charge in [-0.25, -0.2) is 0 Å². The Morgan fingerprint density at radius 1 is 1.25 bits per heavy atom. The Morgan fingerprint density at radius 2 is 1.96 bits per heavy atom. The molecule has 2 aromatic rings. The summed E-state index contributed by atoms with van der Waals surface area (Å²) in [6, 6.07) is 11.6. The van der Waals surface area contributed by atoms with Gasteiger partial charge >= 0.3 is 0 Å². The molecule has 0 aliphatic heterocycles. The molecule has 1 aromatic heterocycles. The minimum absolute atomic E-state index is 0.0139. The molecule has 5 nitrogen and oxygen atoms in total. The summed E-state index contributed by atoms with van der Waals surface area (Å²) in [5.41, 5.74) is 1.24. The highest BCUT2D eigenvalue weighted by atomic mass is 16.5. The molecule has 0 saturated heterocycles. The monoisotopic (exact) mass is 330 g/mol. The van der Waals surface area contributed by atoms with Gasteiger partial charge in [-0.05, 0) is 57.3 Å². The number of nitrogens with zero attached hydrogens (tertiary/aromatic N) is 1. The van der Waals surface area contributed by atoms with Crippen LogP contribution in [-0.4, -0.2) is 37.6 Å². The van der Waals surface area contributed by atoms with Crippen molar-refractivity contribution in [2.24, 2.45) is 0 Å². The van der Waals surface area contributed by atoms with Crippen molar-refractivity contribution in [3.63, 3.8) is 0 Å². The second-order valence-electron chi connectivity index (χ2n) is 6.00. The van der Waals surface area contributed by atoms with Crippen LogP contribution in [0.3, 0.4) is 0 Å². The first-order valence-electron chi connectivity index (χ1n) is 8.24. The minimum atomic E-state index is -0.558. The third-order valence-corrected chi connectivity index (χ3v) is 3.98. The number of hydrogen-bond donors (Lipinski definition) is 1. The highest BCUT2D eigenvalue weighted by molar-refractivity contribution is 5.80. The normalized spacial score (nSPS) is 13.5. The molecule has 5 heteroatoms. The van der Waals surface area contributed by atoms with Crippen molar-refractivity contribution in [3.05, 3.63) is 54.0 Å². The summed E-state index contributed by atoms with van der Waals surface area (Å²) in [5, 5.41) is 2.93. The van der Waals surface area contributed by atoms with Gasteiger partial charge < -0.3 is 14.5 Å². The van der Waals surface area contributed by atoms with Crippen molar-refractivity contribution in [2.75, 3.05) is 20.6 Å². The summed E-state index contributed by atoms with van der Waals surface area (Å²) in [6.45, 7) is 4.31. The predicted molar refractivity (Wildman–Crippen MR) is 94.1 cm³/mol. The van der Waals surface area contributed by atoms with E-state index in [1.54, 1.807) is 13.2 Å². The van der Waals surface area contributed by atoms with Crippen LogP contribution < -0.4 is 10.1 Å². The summed E-state index contributed by atoms with van der Waals surface area (Å²) in [5.74, 6) is 1.38. The molecule has 0 bridgehead atoms. The minimum Gasteiger partial charge on any atom is -0.481 e. The van der Waals surface area contributed by atoms with E-state index >= 15 is 0 Å². The Kier molecular flexibility index (Phi) is 6.44. The molecule has 1 N–H and O–H groups in total. The first-order chi connectivity index (χ1) is 11.5. The molecule has 130 valence electrons. The van der Waals surface area contributed by atoms with Gasteiger partial charge in [0.05, 0.1) is 12.3 Å². The molecule has 1 amide bonds. The maximum absolute atomic E-state index is 12.3. The van der Waals surface area contributed by atoms with Gasteiger partial charge in [0.15, 0.2) is 6.10 Å². The average molecular weight is 330 g/mol. The van der Waals surface area contributed by atoms with E-state index in [4.69, 9.17) is 9.15 Å². The van der Waals surface area contributed by atoms with Gasteiger partial charge in [-0.2, -0.15) is 0 Å². The van der Waals surface area contributed by atoms with E-state index in [2.05, 4.69) is 12.2 Å². The Labute approximate surface area is 143 Å². The van der Waals surface area contributed by atoms with Gasteiger partial charge in [0.25, 0.3) is 5.91 Å². The lowest BCUT2D eigenvalue weighted by Crippen LogP contribution is -2.40. The van der Waals surface area contributed by atoms with Gasteiger partial charge in [0.1, 0.15) is 11.5 Å². The lowest BCUT2D eigenvalue weighted by molar-refractivity contribution is -0.127. The van der Waals surface area contributed by atoms with Crippen molar-refractivity contribution in [3.8, 4) is 5.75 Å². The van der Waals surface area contributed by atoms with E-state index in [0.29, 0.717) is 12.3 Å². The third-order valence-electron chi connectivity index (χ3n) is 3.98. The maximum atomic E-state index is 12.3. The number of benzene rings is 1. The number of carbonyl (C=O) groups excluding carboxylic acids is 1. The van der Waals surface area contributed by atoms with E-state index in [1.165, 1.54) is 5.56 Å². The van der Waals surface area contributed by atoms with E-state index < -0.39 is 6.10 Å². The highest BCUT2D eigenvalue weighted by Gasteiger charge is 2.20. The van der Waals surface area contributed by atoms with Crippen molar-refractivity contribution < 1.29 is 13.9 Å². The number of rotatable bonds is 8. The highest BCUT2D eigenvalue weighted by Crippen LogP contribution is 2.18. The second kappa shape index (κ2) is 8.55. The van der Waals surface area contributed by atoms with Gasteiger partial charge in [0, 0.05) is 6.54 Å². The molecule has 0 radical (unpaired) electrons. The molecular formula is C19H26N2O3. The van der Waals surface area contributed by atoms with E-state index in [0.717, 1.165) is 12.2 Å². The topological polar surface area (TPSA) is 54.7 Å². The van der Waals surface area contributed by atoms with E-state index in [-0.39, 0.29) is 11.9 Å². The zero-order chi connectivity index (χ0) is 17.5. The number of ether oxygens (including phenoxy) is 1. The van der Waals surface area contributed by atoms with Crippen LogP contribution in [0.1, 0.15) is 31.2 Å². The fourth-order valence-corrected chi connectivity index (χ4v) is 2.42. The fraction of sp³-hybridized carbons (Fsp3) is 0.421. The number of likely N-dealkylation sites (N-methyl/N-ethyl adjacent to an activating group) is 1. The molecule has 1 aromatic carbocycles. The average Bonchev–Trinajstić information content (AvgIpc) is 3.09. The molecule has 0 spiro atoms. The fourth-order valence-electron chi connectivity index (χ4n) is 2.42. The SMILES string of the molecule is CCc1ccc(O[C@@H](C)C(=O)NC[C@@H](c2ccco2)N(C)C)cc1. The predicted octanol–water partition coefficient (Wildman–Crippen LogP) is 3.03. The van der Waals surface area contributed by atoms with Crippen molar-refractivity contribution >= 4 is 5.91 Å². The van der Waals surface area contributed by atoms with Gasteiger partial charge in [-0.3, -0.25) is 9.69 Å². The molecule has 0 aliphatic carbocycles. The van der Waals surface area contributed by atoms with Crippen LogP contribution in [0.2, 0.25) is 0 Å². The quantitative estimate of drug-likeness (QED) is 0.808. The van der Waals surface area contributed by atoms with Gasteiger partial charge in [-0.15, -0.1) is 0 Å². The molecule has 0 unspecified atom stereocenters. The van der Waals surface area contributed by atoms with Gasteiger partial charge in [0.2, 0.25) is 0 Å². The molecule has 24 heavy (non-hydrogen) atoms. The van der Waals surface area contributed by atoms with Crippen LogP contribution in [-0.2, 0) is 11.2 Å². The summed E-state index contributed by atoms with van der Waals surface area (Å²) in [4.78, 5) is 14.3. The standard InChI is InChI=1S/C19H26N2O3/c1-5-15-8-10-16(11-9-15)24-14(2)19(22)20-13-17(21(3)4)18-7-6-12-23-18/h6-12,14,17H,5,13H2,1-4H3,(H,20,22)/t14-,17-/m0/s1. The Morgan fingerprint density at radius 3 is 2.50 bits per heavy atom. The van der Waals surface area contributed by atoms with E-state index in [1.807, 2.05) is 55.4 Å². The Bertz CT molecular complexity index is 621. The molecule has 2 rings (SSSR count). The van der Waals surface area contributed by atoms with Crippen LogP contribution in [0, 0.1) is 0 Å². The molecule has 0 aliphatic rings. The molecular weight excluding hydrogens is 304 g/mol. The molecule has 1 heterocycles. The van der Waals surface area contributed by atoms with Crippen LogP contribution in [0.5, 0.6) is 5.75 Å². The Hall–Kier alpha value is -2.27. The summed E-state index contributed by atoms with van der Waals surface area (Å²) < 4.78 is 11.2. The van der Waals surface area contributed by atoms with Crippen molar-refractivity contribution in [1.82, 2.24) is 10.2 Å². The number of nitrogens with one attached hydrogen (secondary N) is 1. The van der Waals surface area contributed by atoms with Crippen LogP contribution >= 0.6 is 0 Å². The Balaban J connectivity index is 1.88. The second-order valence-corrected chi connectivity index (χ2v) is 6.00. The first-order valence-corrected chi connectivity index (χ1v) is 8.24. The van der Waals surface area contributed by atoms with Gasteiger partial charge in [-0.1, -0.05) is 19.1 Å². The number of amides is 1. The lowest BCUT2D eigenvalue weighted by Gasteiger charge is -2.23. The zero-order valence-corrected chi connectivity index (χ0v) is 14.8. The summed E-state index contributed by atoms with van der Waals surface area (Å²) >= 11 is 0. The maximum Gasteiger partial charge on any atom is 0.260 e. The van der Waals surface area contributed by atoms with Crippen LogP contribution in [0.4, 0.5) is 0 Å². The molecule has 0 fully saturated rings. The van der Waals surface area contributed by atoms with Crippen LogP contribution in [0.15, 0.2) is 47.1 Å². The molecule has 0 saturated carbocycles. The largest absolute Gasteiger partial charge is 0.481 e. The van der Waals surface area contributed by atoms with Crippen molar-refractivity contribution in [2.45, 2.75) is 32.4 Å². The smallest absolute Gasteiger partial charge is 0.260 e. The first kappa shape index (κ1) is 18.1. The summed E-state index contributed by atoms with van der Waals surface area (Å²) in [7, 11) is 3.91. The number of carbonyl (C=O) groups is 1.